The molecule has 0 aliphatic heterocycles. The van der Waals surface area contributed by atoms with Crippen molar-refractivity contribution in [2.45, 2.75) is 40.0 Å². The van der Waals surface area contributed by atoms with Crippen LogP contribution >= 0.6 is 0 Å². The van der Waals surface area contributed by atoms with Gasteiger partial charge in [-0.05, 0) is 26.3 Å². The monoisotopic (exact) mass is 179 g/mol. The van der Waals surface area contributed by atoms with Gasteiger partial charge in [-0.15, -0.1) is 0 Å². The van der Waals surface area contributed by atoms with Gasteiger partial charge in [0.25, 0.3) is 0 Å². The summed E-state index contributed by atoms with van der Waals surface area (Å²) < 4.78 is 0. The van der Waals surface area contributed by atoms with Crippen LogP contribution in [0.2, 0.25) is 0 Å². The molecule has 0 heterocycles. The third kappa shape index (κ3) is 9.06. The summed E-state index contributed by atoms with van der Waals surface area (Å²) in [4.78, 5) is 4.42. The number of unbranched alkanes of at least 4 members (excludes halogenated alkanes) is 2. The van der Waals surface area contributed by atoms with Crippen molar-refractivity contribution >= 4 is 5.71 Å². The second kappa shape index (κ2) is 7.78. The molecule has 0 unspecified atom stereocenters. The van der Waals surface area contributed by atoms with Gasteiger partial charge in [-0.25, -0.2) is 0 Å². The van der Waals surface area contributed by atoms with E-state index in [0.29, 0.717) is 0 Å². The summed E-state index contributed by atoms with van der Waals surface area (Å²) >= 11 is 0. The Morgan fingerprint density at radius 2 is 1.92 bits per heavy atom. The van der Waals surface area contributed by atoms with Crippen LogP contribution in [0.5, 0.6) is 0 Å². The number of rotatable bonds is 6. The summed E-state index contributed by atoms with van der Waals surface area (Å²) in [5.41, 5.74) is 2.17. The van der Waals surface area contributed by atoms with Gasteiger partial charge in [0, 0.05) is 12.3 Å². The molecule has 0 bridgehead atoms. The van der Waals surface area contributed by atoms with Gasteiger partial charge in [0.1, 0.15) is 0 Å². The van der Waals surface area contributed by atoms with E-state index in [-0.39, 0.29) is 0 Å². The lowest BCUT2D eigenvalue weighted by Crippen LogP contribution is -1.89. The average molecular weight is 179 g/mol. The van der Waals surface area contributed by atoms with Gasteiger partial charge in [-0.3, -0.25) is 4.99 Å². The number of hydrogen-bond acceptors (Lipinski definition) is 1. The molecule has 74 valence electrons. The minimum absolute atomic E-state index is 0.959. The molecule has 0 aliphatic carbocycles. The van der Waals surface area contributed by atoms with Crippen LogP contribution in [-0.2, 0) is 0 Å². The van der Waals surface area contributed by atoms with Crippen LogP contribution in [0.4, 0.5) is 0 Å². The van der Waals surface area contributed by atoms with E-state index in [4.69, 9.17) is 0 Å². The second-order valence-corrected chi connectivity index (χ2v) is 3.41. The molecule has 0 aromatic heterocycles. The highest BCUT2D eigenvalue weighted by Gasteiger charge is 1.85. The van der Waals surface area contributed by atoms with Crippen molar-refractivity contribution in [3.05, 3.63) is 24.3 Å². The van der Waals surface area contributed by atoms with Crippen molar-refractivity contribution < 1.29 is 0 Å². The fraction of sp³-hybridized carbons (Fsp3) is 0.583. The SMILES string of the molecule is C=C(C)/C=C\C(C)=NCCCCC. The maximum atomic E-state index is 4.42. The van der Waals surface area contributed by atoms with Gasteiger partial charge in [0.2, 0.25) is 0 Å². The summed E-state index contributed by atoms with van der Waals surface area (Å²) in [6.07, 6.45) is 7.76. The molecule has 0 N–H and O–H groups in total. The zero-order valence-corrected chi connectivity index (χ0v) is 9.14. The molecule has 0 atom stereocenters. The zero-order valence-electron chi connectivity index (χ0n) is 9.14. The quantitative estimate of drug-likeness (QED) is 0.334. The van der Waals surface area contributed by atoms with E-state index in [1.54, 1.807) is 0 Å². The molecule has 0 aromatic rings. The van der Waals surface area contributed by atoms with Crippen LogP contribution in [0, 0.1) is 0 Å². The number of aliphatic imine (C=N–C) groups is 1. The molecule has 0 aliphatic rings. The highest BCUT2D eigenvalue weighted by atomic mass is 14.7. The Balaban J connectivity index is 3.69. The summed E-state index contributed by atoms with van der Waals surface area (Å²) in [7, 11) is 0. The van der Waals surface area contributed by atoms with Crippen LogP contribution in [0.3, 0.4) is 0 Å². The van der Waals surface area contributed by atoms with Crippen LogP contribution in [0.15, 0.2) is 29.3 Å². The maximum absolute atomic E-state index is 4.42. The fourth-order valence-electron chi connectivity index (χ4n) is 0.933. The highest BCUT2D eigenvalue weighted by Crippen LogP contribution is 1.95. The van der Waals surface area contributed by atoms with Gasteiger partial charge in [0.05, 0.1) is 0 Å². The van der Waals surface area contributed by atoms with Crippen molar-refractivity contribution in [2.75, 3.05) is 6.54 Å². The van der Waals surface area contributed by atoms with Crippen molar-refractivity contribution in [3.63, 3.8) is 0 Å². The van der Waals surface area contributed by atoms with E-state index in [0.717, 1.165) is 17.8 Å². The summed E-state index contributed by atoms with van der Waals surface area (Å²) in [6.45, 7) is 11.0. The van der Waals surface area contributed by atoms with Crippen LogP contribution in [0.1, 0.15) is 40.0 Å². The Morgan fingerprint density at radius 3 is 2.46 bits per heavy atom. The molecule has 0 aromatic carbocycles. The van der Waals surface area contributed by atoms with Crippen LogP contribution in [-0.4, -0.2) is 12.3 Å². The summed E-state index contributed by atoms with van der Waals surface area (Å²) in [6, 6.07) is 0. The number of nitrogens with zero attached hydrogens (tertiary/aromatic N) is 1. The molecule has 0 amide bonds. The van der Waals surface area contributed by atoms with Gasteiger partial charge in [-0.1, -0.05) is 38.0 Å². The molecule has 0 rings (SSSR count). The lowest BCUT2D eigenvalue weighted by molar-refractivity contribution is 0.728. The molecule has 0 radical (unpaired) electrons. The second-order valence-electron chi connectivity index (χ2n) is 3.41. The van der Waals surface area contributed by atoms with E-state index in [9.17, 15) is 0 Å². The largest absolute Gasteiger partial charge is 0.290 e. The predicted octanol–water partition coefficient (Wildman–Crippen LogP) is 3.77. The Kier molecular flexibility index (Phi) is 7.27. The Labute approximate surface area is 82.3 Å². The number of hydrogen-bond donors (Lipinski definition) is 0. The Morgan fingerprint density at radius 1 is 1.23 bits per heavy atom. The molecule has 0 saturated heterocycles. The smallest absolute Gasteiger partial charge is 0.0392 e. The van der Waals surface area contributed by atoms with Gasteiger partial charge in [0.15, 0.2) is 0 Å². The first kappa shape index (κ1) is 12.2. The van der Waals surface area contributed by atoms with E-state index >= 15 is 0 Å². The first-order valence-electron chi connectivity index (χ1n) is 5.01. The van der Waals surface area contributed by atoms with E-state index in [2.05, 4.69) is 18.5 Å². The standard InChI is InChI=1S/C12H21N/c1-5-6-7-10-13-12(4)9-8-11(2)3/h8-9H,2,5-7,10H2,1,3-4H3/b9-8-,13-12?. The lowest BCUT2D eigenvalue weighted by atomic mass is 10.2. The third-order valence-electron chi connectivity index (χ3n) is 1.73. The first-order valence-corrected chi connectivity index (χ1v) is 5.01. The van der Waals surface area contributed by atoms with Crippen molar-refractivity contribution in [2.24, 2.45) is 4.99 Å². The molecular weight excluding hydrogens is 158 g/mol. The average Bonchev–Trinajstić information content (AvgIpc) is 2.09. The molecule has 1 nitrogen and oxygen atoms in total. The molecular formula is C12H21N. The van der Waals surface area contributed by atoms with E-state index in [1.165, 1.54) is 19.3 Å². The summed E-state index contributed by atoms with van der Waals surface area (Å²) in [5.74, 6) is 0. The van der Waals surface area contributed by atoms with Crippen LogP contribution < -0.4 is 0 Å². The fourth-order valence-corrected chi connectivity index (χ4v) is 0.933. The van der Waals surface area contributed by atoms with Crippen LogP contribution in [0.25, 0.3) is 0 Å². The topological polar surface area (TPSA) is 12.4 Å². The first-order chi connectivity index (χ1) is 6.16. The minimum atomic E-state index is 0.959. The van der Waals surface area contributed by atoms with Crippen molar-refractivity contribution in [3.8, 4) is 0 Å². The van der Waals surface area contributed by atoms with Gasteiger partial charge >= 0.3 is 0 Å². The minimum Gasteiger partial charge on any atom is -0.290 e. The normalized spacial score (nSPS) is 12.4. The maximum Gasteiger partial charge on any atom is 0.0392 e. The summed E-state index contributed by atoms with van der Waals surface area (Å²) in [5, 5.41) is 0. The third-order valence-corrected chi connectivity index (χ3v) is 1.73. The molecule has 1 heteroatoms. The van der Waals surface area contributed by atoms with Gasteiger partial charge in [-0.2, -0.15) is 0 Å². The Bertz CT molecular complexity index is 199. The highest BCUT2D eigenvalue weighted by molar-refractivity contribution is 5.93. The van der Waals surface area contributed by atoms with Gasteiger partial charge < -0.3 is 0 Å². The molecule has 0 spiro atoms. The molecule has 0 fully saturated rings. The van der Waals surface area contributed by atoms with E-state index < -0.39 is 0 Å². The number of allylic oxidation sites excluding steroid dienone is 3. The lowest BCUT2D eigenvalue weighted by Gasteiger charge is -1.94. The van der Waals surface area contributed by atoms with E-state index in [1.807, 2.05) is 26.0 Å². The molecule has 0 saturated carbocycles. The zero-order chi connectivity index (χ0) is 10.1. The van der Waals surface area contributed by atoms with Crippen molar-refractivity contribution in [1.29, 1.82) is 0 Å². The molecule has 13 heavy (non-hydrogen) atoms. The predicted molar refractivity (Wildman–Crippen MR) is 61.5 cm³/mol. The Hall–Kier alpha value is -0.850. The van der Waals surface area contributed by atoms with Crippen molar-refractivity contribution in [1.82, 2.24) is 0 Å².